The van der Waals surface area contributed by atoms with Gasteiger partial charge in [-0.3, -0.25) is 9.59 Å². The van der Waals surface area contributed by atoms with Crippen molar-refractivity contribution in [3.63, 3.8) is 0 Å². The number of nitrogens with one attached hydrogen (secondary N) is 1. The lowest BCUT2D eigenvalue weighted by Gasteiger charge is -2.22. The molecule has 1 amide bonds. The average Bonchev–Trinajstić information content (AvgIpc) is 3.18. The number of allylic oxidation sites excluding steroid dienone is 1. The van der Waals surface area contributed by atoms with Crippen molar-refractivity contribution >= 4 is 18.0 Å². The first-order valence-electron chi connectivity index (χ1n) is 9.54. The Labute approximate surface area is 170 Å². The highest BCUT2D eigenvalue weighted by Gasteiger charge is 2.35. The number of hydrogen-bond donors (Lipinski definition) is 1. The summed E-state index contributed by atoms with van der Waals surface area (Å²) in [5.74, 6) is -2.12. The Bertz CT molecular complexity index is 936. The number of carbonyl (C=O) groups excluding carboxylic acids is 2. The molecule has 3 unspecified atom stereocenters. The van der Waals surface area contributed by atoms with Crippen LogP contribution in [-0.2, 0) is 14.3 Å². The fourth-order valence-corrected chi connectivity index (χ4v) is 3.62. The molecule has 0 heterocycles. The van der Waals surface area contributed by atoms with Gasteiger partial charge in [-0.25, -0.2) is 4.39 Å². The minimum atomic E-state index is -0.750. The lowest BCUT2D eigenvalue weighted by Crippen LogP contribution is -2.34. The Morgan fingerprint density at radius 3 is 2.48 bits per heavy atom. The molecule has 0 saturated carbocycles. The van der Waals surface area contributed by atoms with E-state index in [2.05, 4.69) is 5.32 Å². The third-order valence-corrected chi connectivity index (χ3v) is 5.10. The van der Waals surface area contributed by atoms with Gasteiger partial charge >= 0.3 is 5.97 Å². The first kappa shape index (κ1) is 20.5. The van der Waals surface area contributed by atoms with Gasteiger partial charge in [0.2, 0.25) is 5.91 Å². The summed E-state index contributed by atoms with van der Waals surface area (Å²) >= 11 is 0. The zero-order chi connectivity index (χ0) is 20.8. The first-order valence-corrected chi connectivity index (χ1v) is 9.54. The van der Waals surface area contributed by atoms with Crippen molar-refractivity contribution in [2.45, 2.75) is 25.3 Å². The number of benzene rings is 2. The van der Waals surface area contributed by atoms with Crippen LogP contribution in [0, 0.1) is 11.7 Å². The first-order chi connectivity index (χ1) is 14.0. The van der Waals surface area contributed by atoms with Crippen LogP contribution in [0.1, 0.15) is 30.4 Å². The molecule has 1 N–H and O–H groups in total. The zero-order valence-electron chi connectivity index (χ0n) is 16.5. The van der Waals surface area contributed by atoms with E-state index in [1.807, 2.05) is 48.6 Å². The standard InChI is InChI=1S/C24H24FNO3/c1-16(14-17-8-4-3-5-9-17)23(27)26-19-13-12-18(15-19)22(24(28)29-2)20-10-6-7-11-21(20)25/h3-14,18-19,22H,15H2,1-2H3,(H,26,27)/b16-14+. The molecule has 1 aliphatic rings. The minimum Gasteiger partial charge on any atom is -0.469 e. The number of esters is 1. The Kier molecular flexibility index (Phi) is 6.60. The Morgan fingerprint density at radius 2 is 1.79 bits per heavy atom. The molecule has 3 atom stereocenters. The van der Waals surface area contributed by atoms with Crippen molar-refractivity contribution in [1.29, 1.82) is 0 Å². The second kappa shape index (κ2) is 9.32. The Morgan fingerprint density at radius 1 is 1.10 bits per heavy atom. The summed E-state index contributed by atoms with van der Waals surface area (Å²) in [6.45, 7) is 1.76. The maximum atomic E-state index is 14.3. The minimum absolute atomic E-state index is 0.176. The molecule has 5 heteroatoms. The molecule has 150 valence electrons. The molecule has 0 fully saturated rings. The van der Waals surface area contributed by atoms with Crippen LogP contribution >= 0.6 is 0 Å². The van der Waals surface area contributed by atoms with Gasteiger partial charge in [-0.1, -0.05) is 60.7 Å². The van der Waals surface area contributed by atoms with E-state index in [1.54, 1.807) is 25.1 Å². The van der Waals surface area contributed by atoms with E-state index in [0.29, 0.717) is 17.6 Å². The normalized spacial score (nSPS) is 19.6. The van der Waals surface area contributed by atoms with E-state index in [4.69, 9.17) is 4.74 Å². The van der Waals surface area contributed by atoms with Crippen LogP contribution in [0.5, 0.6) is 0 Å². The van der Waals surface area contributed by atoms with Gasteiger partial charge in [-0.2, -0.15) is 0 Å². The average molecular weight is 393 g/mol. The molecule has 0 aliphatic heterocycles. The molecule has 0 saturated heterocycles. The second-order valence-electron chi connectivity index (χ2n) is 7.12. The highest BCUT2D eigenvalue weighted by molar-refractivity contribution is 5.97. The third kappa shape index (κ3) is 4.99. The Hall–Kier alpha value is -3.21. The lowest BCUT2D eigenvalue weighted by molar-refractivity contribution is -0.143. The summed E-state index contributed by atoms with van der Waals surface area (Å²) in [7, 11) is 1.30. The van der Waals surface area contributed by atoms with Gasteiger partial charge < -0.3 is 10.1 Å². The molecular weight excluding hydrogens is 369 g/mol. The van der Waals surface area contributed by atoms with Crippen LogP contribution in [0.4, 0.5) is 4.39 Å². The fourth-order valence-electron chi connectivity index (χ4n) is 3.62. The summed E-state index contributed by atoms with van der Waals surface area (Å²) in [5.41, 5.74) is 1.85. The van der Waals surface area contributed by atoms with Crippen molar-refractivity contribution in [3.8, 4) is 0 Å². The van der Waals surface area contributed by atoms with Crippen LogP contribution < -0.4 is 5.32 Å². The lowest BCUT2D eigenvalue weighted by atomic mass is 9.85. The molecule has 0 radical (unpaired) electrons. The number of hydrogen-bond acceptors (Lipinski definition) is 3. The maximum absolute atomic E-state index is 14.3. The van der Waals surface area contributed by atoms with Gasteiger partial charge in [-0.05, 0) is 37.0 Å². The predicted octanol–water partition coefficient (Wildman–Crippen LogP) is 4.25. The molecule has 0 aromatic heterocycles. The number of amides is 1. The van der Waals surface area contributed by atoms with Crippen LogP contribution in [-0.4, -0.2) is 25.0 Å². The zero-order valence-corrected chi connectivity index (χ0v) is 16.5. The largest absolute Gasteiger partial charge is 0.469 e. The molecule has 0 bridgehead atoms. The van der Waals surface area contributed by atoms with Crippen LogP contribution in [0.2, 0.25) is 0 Å². The number of rotatable bonds is 6. The summed E-state index contributed by atoms with van der Waals surface area (Å²) in [4.78, 5) is 24.9. The molecule has 2 aromatic rings. The molecule has 1 aliphatic carbocycles. The quantitative estimate of drug-likeness (QED) is 0.454. The van der Waals surface area contributed by atoms with E-state index in [9.17, 15) is 14.0 Å². The Balaban J connectivity index is 1.69. The summed E-state index contributed by atoms with van der Waals surface area (Å²) in [6, 6.07) is 15.6. The molecule has 0 spiro atoms. The fraction of sp³-hybridized carbons (Fsp3) is 0.250. The van der Waals surface area contributed by atoms with Crippen molar-refractivity contribution in [2.75, 3.05) is 7.11 Å². The maximum Gasteiger partial charge on any atom is 0.313 e. The van der Waals surface area contributed by atoms with Crippen LogP contribution in [0.25, 0.3) is 6.08 Å². The summed E-state index contributed by atoms with van der Waals surface area (Å²) in [5, 5.41) is 2.97. The molecule has 2 aromatic carbocycles. The van der Waals surface area contributed by atoms with E-state index < -0.39 is 17.7 Å². The van der Waals surface area contributed by atoms with E-state index in [-0.39, 0.29) is 17.9 Å². The highest BCUT2D eigenvalue weighted by Crippen LogP contribution is 2.35. The van der Waals surface area contributed by atoms with E-state index >= 15 is 0 Å². The van der Waals surface area contributed by atoms with Gasteiger partial charge in [0.15, 0.2) is 0 Å². The van der Waals surface area contributed by atoms with Gasteiger partial charge in [-0.15, -0.1) is 0 Å². The van der Waals surface area contributed by atoms with Crippen molar-refractivity contribution in [1.82, 2.24) is 5.32 Å². The van der Waals surface area contributed by atoms with Crippen LogP contribution in [0.15, 0.2) is 72.3 Å². The number of methoxy groups -OCH3 is 1. The van der Waals surface area contributed by atoms with E-state index in [1.165, 1.54) is 13.2 Å². The van der Waals surface area contributed by atoms with Crippen molar-refractivity contribution < 1.29 is 18.7 Å². The van der Waals surface area contributed by atoms with E-state index in [0.717, 1.165) is 5.56 Å². The van der Waals surface area contributed by atoms with Gasteiger partial charge in [0.25, 0.3) is 0 Å². The second-order valence-corrected chi connectivity index (χ2v) is 7.12. The highest BCUT2D eigenvalue weighted by atomic mass is 19.1. The molecular formula is C24H24FNO3. The van der Waals surface area contributed by atoms with Gasteiger partial charge in [0.1, 0.15) is 5.82 Å². The van der Waals surface area contributed by atoms with Crippen LogP contribution in [0.3, 0.4) is 0 Å². The number of halogens is 1. The molecule has 29 heavy (non-hydrogen) atoms. The predicted molar refractivity (Wildman–Crippen MR) is 110 cm³/mol. The van der Waals surface area contributed by atoms with Crippen molar-refractivity contribution in [2.24, 2.45) is 5.92 Å². The SMILES string of the molecule is COC(=O)C(c1ccccc1F)C1C=CC(NC(=O)/C(C)=C/c2ccccc2)C1. The molecule has 3 rings (SSSR count). The molecule has 4 nitrogen and oxygen atoms in total. The summed E-state index contributed by atoms with van der Waals surface area (Å²) < 4.78 is 19.2. The summed E-state index contributed by atoms with van der Waals surface area (Å²) in [6.07, 6.45) is 6.03. The number of carbonyl (C=O) groups is 2. The van der Waals surface area contributed by atoms with Gasteiger partial charge in [0.05, 0.1) is 13.0 Å². The number of ether oxygens (including phenoxy) is 1. The third-order valence-electron chi connectivity index (χ3n) is 5.10. The van der Waals surface area contributed by atoms with Gasteiger partial charge in [0, 0.05) is 17.2 Å². The van der Waals surface area contributed by atoms with Crippen molar-refractivity contribution in [3.05, 3.63) is 89.3 Å². The monoisotopic (exact) mass is 393 g/mol. The topological polar surface area (TPSA) is 55.4 Å². The smallest absolute Gasteiger partial charge is 0.313 e.